The maximum absolute atomic E-state index is 8.72. The average Bonchev–Trinajstić information content (AvgIpc) is 2.73. The molecule has 0 atom stereocenters. The Morgan fingerprint density at radius 1 is 1.35 bits per heavy atom. The average molecular weight is 233 g/mol. The zero-order chi connectivity index (χ0) is 12.1. The summed E-state index contributed by atoms with van der Waals surface area (Å²) in [6.07, 6.45) is 0.784. The van der Waals surface area contributed by atoms with Gasteiger partial charge in [0.1, 0.15) is 0 Å². The normalized spacial score (nSPS) is 11.2. The van der Waals surface area contributed by atoms with E-state index in [1.54, 1.807) is 0 Å². The number of aryl methyl sites for hydroxylation is 1. The highest BCUT2D eigenvalue weighted by molar-refractivity contribution is 5.81. The van der Waals surface area contributed by atoms with Crippen LogP contribution in [0.15, 0.2) is 24.3 Å². The lowest BCUT2D eigenvalue weighted by Gasteiger charge is -2.00. The molecular weight excluding hydrogens is 214 g/mol. The van der Waals surface area contributed by atoms with Crippen molar-refractivity contribution in [3.8, 4) is 0 Å². The molecule has 17 heavy (non-hydrogen) atoms. The summed E-state index contributed by atoms with van der Waals surface area (Å²) < 4.78 is 2.03. The summed E-state index contributed by atoms with van der Waals surface area (Å²) in [5.41, 5.74) is 2.27. The summed E-state index contributed by atoms with van der Waals surface area (Å²) in [5.74, 6) is 0. The van der Waals surface area contributed by atoms with Crippen molar-refractivity contribution in [3.63, 3.8) is 0 Å². The van der Waals surface area contributed by atoms with E-state index in [4.69, 9.17) is 5.11 Å². The minimum Gasteiger partial charge on any atom is -0.396 e. The molecule has 0 radical (unpaired) electrons. The maximum Gasteiger partial charge on any atom is 0.0841 e. The van der Waals surface area contributed by atoms with Gasteiger partial charge in [0.05, 0.1) is 11.2 Å². The van der Waals surface area contributed by atoms with Gasteiger partial charge >= 0.3 is 0 Å². The van der Waals surface area contributed by atoms with Crippen LogP contribution in [0.3, 0.4) is 0 Å². The Labute approximate surface area is 101 Å². The lowest BCUT2D eigenvalue weighted by atomic mass is 10.2. The third-order valence-electron chi connectivity index (χ3n) is 2.84. The molecular formula is C13H19N3O. The van der Waals surface area contributed by atoms with Crippen LogP contribution in [0.1, 0.15) is 19.0 Å². The third kappa shape index (κ3) is 2.65. The van der Waals surface area contributed by atoms with Gasteiger partial charge in [0.2, 0.25) is 0 Å². The van der Waals surface area contributed by atoms with Crippen LogP contribution in [0.5, 0.6) is 0 Å². The van der Waals surface area contributed by atoms with Crippen molar-refractivity contribution in [1.82, 2.24) is 15.1 Å². The molecule has 2 N–H and O–H groups in total. The first kappa shape index (κ1) is 12.1. The Bertz CT molecular complexity index is 478. The minimum absolute atomic E-state index is 0.233. The van der Waals surface area contributed by atoms with Gasteiger partial charge in [-0.3, -0.25) is 4.68 Å². The van der Waals surface area contributed by atoms with Crippen molar-refractivity contribution in [2.45, 2.75) is 26.4 Å². The van der Waals surface area contributed by atoms with E-state index in [9.17, 15) is 0 Å². The fourth-order valence-corrected chi connectivity index (χ4v) is 1.98. The second-order valence-corrected chi connectivity index (χ2v) is 4.03. The molecule has 0 spiro atoms. The van der Waals surface area contributed by atoms with Crippen molar-refractivity contribution in [3.05, 3.63) is 30.0 Å². The topological polar surface area (TPSA) is 50.1 Å². The highest BCUT2D eigenvalue weighted by Gasteiger charge is 2.07. The Morgan fingerprint density at radius 3 is 2.94 bits per heavy atom. The fraction of sp³-hybridized carbons (Fsp3) is 0.462. The molecule has 92 valence electrons. The first-order valence-corrected chi connectivity index (χ1v) is 6.12. The second-order valence-electron chi connectivity index (χ2n) is 4.03. The molecule has 0 unspecified atom stereocenters. The van der Waals surface area contributed by atoms with Crippen molar-refractivity contribution in [2.75, 3.05) is 13.2 Å². The van der Waals surface area contributed by atoms with Crippen LogP contribution in [0.4, 0.5) is 0 Å². The number of aliphatic hydroxyl groups excluding tert-OH is 1. The van der Waals surface area contributed by atoms with E-state index < -0.39 is 0 Å². The van der Waals surface area contributed by atoms with Crippen LogP contribution in [-0.4, -0.2) is 28.0 Å². The van der Waals surface area contributed by atoms with Crippen LogP contribution >= 0.6 is 0 Å². The van der Waals surface area contributed by atoms with E-state index in [2.05, 4.69) is 29.5 Å². The van der Waals surface area contributed by atoms with E-state index in [1.165, 1.54) is 10.9 Å². The number of aliphatic hydroxyl groups is 1. The molecule has 1 aromatic carbocycles. The molecule has 2 rings (SSSR count). The number of rotatable bonds is 6. The van der Waals surface area contributed by atoms with Crippen molar-refractivity contribution in [1.29, 1.82) is 0 Å². The summed E-state index contributed by atoms with van der Waals surface area (Å²) in [6.45, 7) is 4.80. The highest BCUT2D eigenvalue weighted by atomic mass is 16.3. The molecule has 1 aromatic heterocycles. The molecule has 0 bridgehead atoms. The molecule has 4 heteroatoms. The molecule has 0 saturated carbocycles. The van der Waals surface area contributed by atoms with Gasteiger partial charge in [-0.05, 0) is 26.0 Å². The lowest BCUT2D eigenvalue weighted by molar-refractivity contribution is 0.286. The van der Waals surface area contributed by atoms with Gasteiger partial charge in [0.25, 0.3) is 0 Å². The van der Waals surface area contributed by atoms with Gasteiger partial charge in [0.15, 0.2) is 0 Å². The van der Waals surface area contributed by atoms with Crippen molar-refractivity contribution >= 4 is 10.9 Å². The number of aromatic nitrogens is 2. The molecule has 2 aromatic rings. The Hall–Kier alpha value is -1.39. The molecule has 1 heterocycles. The van der Waals surface area contributed by atoms with Crippen LogP contribution in [0.2, 0.25) is 0 Å². The largest absolute Gasteiger partial charge is 0.396 e. The summed E-state index contributed by atoms with van der Waals surface area (Å²) in [7, 11) is 0. The predicted molar refractivity (Wildman–Crippen MR) is 68.8 cm³/mol. The van der Waals surface area contributed by atoms with Gasteiger partial charge in [-0.1, -0.05) is 18.2 Å². The zero-order valence-electron chi connectivity index (χ0n) is 10.2. The minimum atomic E-state index is 0.233. The van der Waals surface area contributed by atoms with Gasteiger partial charge in [-0.25, -0.2) is 0 Å². The number of nitrogens with one attached hydrogen (secondary N) is 1. The molecule has 0 aliphatic carbocycles. The van der Waals surface area contributed by atoms with E-state index in [0.29, 0.717) is 0 Å². The van der Waals surface area contributed by atoms with Crippen LogP contribution in [0, 0.1) is 0 Å². The monoisotopic (exact) mass is 233 g/mol. The Balaban J connectivity index is 2.16. The predicted octanol–water partition coefficient (Wildman–Crippen LogP) is 1.53. The highest BCUT2D eigenvalue weighted by Crippen LogP contribution is 2.17. The third-order valence-corrected chi connectivity index (χ3v) is 2.84. The zero-order valence-corrected chi connectivity index (χ0v) is 10.2. The van der Waals surface area contributed by atoms with Crippen LogP contribution in [-0.2, 0) is 13.1 Å². The van der Waals surface area contributed by atoms with E-state index in [-0.39, 0.29) is 6.61 Å². The number of hydrogen-bond donors (Lipinski definition) is 2. The first-order chi connectivity index (χ1) is 8.36. The van der Waals surface area contributed by atoms with Crippen molar-refractivity contribution in [2.24, 2.45) is 0 Å². The van der Waals surface area contributed by atoms with E-state index in [1.807, 2.05) is 16.8 Å². The Kier molecular flexibility index (Phi) is 4.12. The summed E-state index contributed by atoms with van der Waals surface area (Å²) in [6, 6.07) is 8.29. The molecule has 0 saturated heterocycles. The molecule has 4 nitrogen and oxygen atoms in total. The summed E-state index contributed by atoms with van der Waals surface area (Å²) in [5, 5.41) is 17.8. The lowest BCUT2D eigenvalue weighted by Crippen LogP contribution is -2.16. The van der Waals surface area contributed by atoms with E-state index in [0.717, 1.165) is 31.7 Å². The van der Waals surface area contributed by atoms with E-state index >= 15 is 0 Å². The molecule has 0 amide bonds. The number of para-hydroxylation sites is 1. The molecule has 0 aliphatic rings. The number of hydrogen-bond acceptors (Lipinski definition) is 3. The quantitative estimate of drug-likeness (QED) is 0.744. The second kappa shape index (κ2) is 5.80. The van der Waals surface area contributed by atoms with Gasteiger partial charge < -0.3 is 10.4 Å². The van der Waals surface area contributed by atoms with Gasteiger partial charge in [-0.15, -0.1) is 0 Å². The summed E-state index contributed by atoms with van der Waals surface area (Å²) >= 11 is 0. The smallest absolute Gasteiger partial charge is 0.0841 e. The first-order valence-electron chi connectivity index (χ1n) is 6.12. The number of benzene rings is 1. The number of nitrogens with zero attached hydrogens (tertiary/aromatic N) is 2. The fourth-order valence-electron chi connectivity index (χ4n) is 1.98. The SMILES string of the molecule is CCn1nc(CNCCCO)c2ccccc21. The number of fused-ring (bicyclic) bond motifs is 1. The Morgan fingerprint density at radius 2 is 2.18 bits per heavy atom. The molecule has 0 aliphatic heterocycles. The summed E-state index contributed by atoms with van der Waals surface area (Å²) in [4.78, 5) is 0. The standard InChI is InChI=1S/C13H19N3O/c1-2-16-13-7-4-3-6-11(13)12(15-16)10-14-8-5-9-17/h3-4,6-7,14,17H,2,5,8-10H2,1H3. The molecule has 0 fully saturated rings. The maximum atomic E-state index is 8.72. The van der Waals surface area contributed by atoms with Crippen LogP contribution < -0.4 is 5.32 Å². The van der Waals surface area contributed by atoms with Gasteiger partial charge in [0, 0.05) is 25.1 Å². The van der Waals surface area contributed by atoms with Crippen molar-refractivity contribution < 1.29 is 5.11 Å². The van der Waals surface area contributed by atoms with Gasteiger partial charge in [-0.2, -0.15) is 5.10 Å². The van der Waals surface area contributed by atoms with Crippen LogP contribution in [0.25, 0.3) is 10.9 Å².